The average molecular weight is 356 g/mol. The maximum atomic E-state index is 12.5. The molecule has 26 heavy (non-hydrogen) atoms. The van der Waals surface area contributed by atoms with Gasteiger partial charge in [-0.3, -0.25) is 14.7 Å². The number of rotatable bonds is 3. The lowest BCUT2D eigenvalue weighted by atomic mass is 10.1. The van der Waals surface area contributed by atoms with Crippen molar-refractivity contribution in [2.75, 3.05) is 6.54 Å². The number of nitrogens with zero attached hydrogens (tertiary/aromatic N) is 2. The molecule has 1 aromatic heterocycles. The summed E-state index contributed by atoms with van der Waals surface area (Å²) in [5.41, 5.74) is -0.614. The Morgan fingerprint density at radius 2 is 1.92 bits per heavy atom. The highest BCUT2D eigenvalue weighted by atomic mass is 16.6. The molecule has 1 fully saturated rings. The first-order chi connectivity index (χ1) is 12.2. The van der Waals surface area contributed by atoms with Crippen LogP contribution in [-0.4, -0.2) is 46.1 Å². The maximum Gasteiger partial charge on any atom is 0.411 e. The molecule has 0 unspecified atom stereocenters. The summed E-state index contributed by atoms with van der Waals surface area (Å²) in [5, 5.41) is 1.94. The first kappa shape index (κ1) is 18.2. The number of carbonyl (C=O) groups excluding carboxylic acids is 2. The van der Waals surface area contributed by atoms with Gasteiger partial charge in [0, 0.05) is 23.4 Å². The zero-order chi connectivity index (χ0) is 18.9. The zero-order valence-corrected chi connectivity index (χ0v) is 15.6. The van der Waals surface area contributed by atoms with Crippen LogP contribution in [0.25, 0.3) is 10.8 Å². The number of fused-ring (bicyclic) bond motifs is 1. The van der Waals surface area contributed by atoms with E-state index < -0.39 is 17.7 Å². The number of pyridine rings is 1. The number of hydrogen-bond acceptors (Lipinski definition) is 5. The fourth-order valence-corrected chi connectivity index (χ4v) is 3.15. The maximum absolute atomic E-state index is 12.5. The Hall–Kier alpha value is -2.63. The van der Waals surface area contributed by atoms with Crippen LogP contribution in [0.15, 0.2) is 36.7 Å². The van der Waals surface area contributed by atoms with Gasteiger partial charge >= 0.3 is 6.09 Å². The summed E-state index contributed by atoms with van der Waals surface area (Å²) in [4.78, 5) is 30.2. The molecule has 2 heterocycles. The van der Waals surface area contributed by atoms with E-state index in [0.29, 0.717) is 18.7 Å². The topological polar surface area (TPSA) is 68.7 Å². The van der Waals surface area contributed by atoms with Gasteiger partial charge in [0.25, 0.3) is 0 Å². The second kappa shape index (κ2) is 6.94. The van der Waals surface area contributed by atoms with Gasteiger partial charge < -0.3 is 9.47 Å². The zero-order valence-electron chi connectivity index (χ0n) is 15.6. The van der Waals surface area contributed by atoms with Gasteiger partial charge in [0.05, 0.1) is 18.8 Å². The smallest absolute Gasteiger partial charge is 0.411 e. The highest BCUT2D eigenvalue weighted by molar-refractivity contribution is 5.88. The van der Waals surface area contributed by atoms with E-state index in [1.165, 1.54) is 11.8 Å². The van der Waals surface area contributed by atoms with Crippen LogP contribution in [0.4, 0.5) is 4.79 Å². The molecule has 138 valence electrons. The van der Waals surface area contributed by atoms with E-state index >= 15 is 0 Å². The van der Waals surface area contributed by atoms with Crippen molar-refractivity contribution in [1.82, 2.24) is 9.88 Å². The SMILES string of the molecule is CC(=O)[C@@H]1C[C@@H](Oc2cncc3ccccc23)CN1C(=O)OC(C)(C)C. The number of Topliss-reactive ketones (excluding diaryl/α,β-unsaturated/α-hetero) is 1. The monoisotopic (exact) mass is 356 g/mol. The normalized spacial score (nSPS) is 20.2. The van der Waals surface area contributed by atoms with Gasteiger partial charge in [-0.25, -0.2) is 4.79 Å². The number of ketones is 1. The molecule has 1 amide bonds. The lowest BCUT2D eigenvalue weighted by molar-refractivity contribution is -0.121. The van der Waals surface area contributed by atoms with Crippen molar-refractivity contribution < 1.29 is 19.1 Å². The van der Waals surface area contributed by atoms with E-state index in [1.807, 2.05) is 24.3 Å². The number of carbonyl (C=O) groups is 2. The standard InChI is InChI=1S/C20H24N2O4/c1-13(23)17-9-15(12-22(17)19(24)26-20(2,3)4)25-18-11-21-10-14-7-5-6-8-16(14)18/h5-8,10-11,15,17H,9,12H2,1-4H3/t15-,17+/m1/s1. The molecule has 1 aliphatic rings. The fourth-order valence-electron chi connectivity index (χ4n) is 3.15. The first-order valence-electron chi connectivity index (χ1n) is 8.74. The molecule has 1 aromatic carbocycles. The highest BCUT2D eigenvalue weighted by Gasteiger charge is 2.41. The van der Waals surface area contributed by atoms with E-state index in [0.717, 1.165) is 10.8 Å². The predicted molar refractivity (Wildman–Crippen MR) is 98.2 cm³/mol. The van der Waals surface area contributed by atoms with E-state index in [2.05, 4.69) is 4.98 Å². The molecule has 2 atom stereocenters. The van der Waals surface area contributed by atoms with Gasteiger partial charge in [-0.2, -0.15) is 0 Å². The number of amides is 1. The molecule has 3 rings (SSSR count). The first-order valence-corrected chi connectivity index (χ1v) is 8.74. The van der Waals surface area contributed by atoms with Gasteiger partial charge in [0.1, 0.15) is 17.5 Å². The molecular formula is C20H24N2O4. The van der Waals surface area contributed by atoms with Crippen molar-refractivity contribution >= 4 is 22.6 Å². The molecule has 0 radical (unpaired) electrons. The second-order valence-corrected chi connectivity index (χ2v) is 7.59. The van der Waals surface area contributed by atoms with Crippen LogP contribution >= 0.6 is 0 Å². The number of ether oxygens (including phenoxy) is 2. The summed E-state index contributed by atoms with van der Waals surface area (Å²) in [6.45, 7) is 7.21. The van der Waals surface area contributed by atoms with Crippen LogP contribution in [0.3, 0.4) is 0 Å². The lowest BCUT2D eigenvalue weighted by Crippen LogP contribution is -2.43. The molecule has 1 aliphatic heterocycles. The minimum atomic E-state index is -0.614. The van der Waals surface area contributed by atoms with Gasteiger partial charge in [-0.05, 0) is 27.7 Å². The number of benzene rings is 1. The average Bonchev–Trinajstić information content (AvgIpc) is 2.98. The summed E-state index contributed by atoms with van der Waals surface area (Å²) >= 11 is 0. The van der Waals surface area contributed by atoms with Crippen molar-refractivity contribution in [2.24, 2.45) is 0 Å². The van der Waals surface area contributed by atoms with E-state index in [9.17, 15) is 9.59 Å². The molecular weight excluding hydrogens is 332 g/mol. The Kier molecular flexibility index (Phi) is 4.85. The third kappa shape index (κ3) is 3.95. The second-order valence-electron chi connectivity index (χ2n) is 7.59. The largest absolute Gasteiger partial charge is 0.486 e. The van der Waals surface area contributed by atoms with Crippen molar-refractivity contribution in [3.8, 4) is 5.75 Å². The minimum Gasteiger partial charge on any atom is -0.486 e. The van der Waals surface area contributed by atoms with Crippen molar-refractivity contribution in [1.29, 1.82) is 0 Å². The summed E-state index contributed by atoms with van der Waals surface area (Å²) < 4.78 is 11.6. The molecule has 0 saturated carbocycles. The Balaban J connectivity index is 1.79. The van der Waals surface area contributed by atoms with Crippen LogP contribution in [-0.2, 0) is 9.53 Å². The number of likely N-dealkylation sites (tertiary alicyclic amines) is 1. The lowest BCUT2D eigenvalue weighted by Gasteiger charge is -2.27. The summed E-state index contributed by atoms with van der Waals surface area (Å²) in [6.07, 6.45) is 3.12. The summed E-state index contributed by atoms with van der Waals surface area (Å²) in [5.74, 6) is 0.583. The third-order valence-corrected chi connectivity index (χ3v) is 4.29. The van der Waals surface area contributed by atoms with Crippen LogP contribution < -0.4 is 4.74 Å². The summed E-state index contributed by atoms with van der Waals surface area (Å²) in [7, 11) is 0. The van der Waals surface area contributed by atoms with Crippen molar-refractivity contribution in [3.05, 3.63) is 36.7 Å². The van der Waals surface area contributed by atoms with E-state index in [4.69, 9.17) is 9.47 Å². The third-order valence-electron chi connectivity index (χ3n) is 4.29. The Morgan fingerprint density at radius 1 is 1.19 bits per heavy atom. The Morgan fingerprint density at radius 3 is 2.62 bits per heavy atom. The predicted octanol–water partition coefficient (Wildman–Crippen LogP) is 3.58. The van der Waals surface area contributed by atoms with Gasteiger partial charge in [0.15, 0.2) is 5.78 Å². The fraction of sp³-hybridized carbons (Fsp3) is 0.450. The molecule has 0 aliphatic carbocycles. The molecule has 2 aromatic rings. The van der Waals surface area contributed by atoms with Crippen LogP contribution in [0.2, 0.25) is 0 Å². The van der Waals surface area contributed by atoms with Crippen LogP contribution in [0, 0.1) is 0 Å². The highest BCUT2D eigenvalue weighted by Crippen LogP contribution is 2.29. The van der Waals surface area contributed by atoms with Gasteiger partial charge in [-0.1, -0.05) is 24.3 Å². The van der Waals surface area contributed by atoms with Crippen LogP contribution in [0.1, 0.15) is 34.1 Å². The van der Waals surface area contributed by atoms with Gasteiger partial charge in [0.2, 0.25) is 0 Å². The van der Waals surface area contributed by atoms with E-state index in [-0.39, 0.29) is 11.9 Å². The van der Waals surface area contributed by atoms with E-state index in [1.54, 1.807) is 33.2 Å². The molecule has 0 N–H and O–H groups in total. The number of hydrogen-bond donors (Lipinski definition) is 0. The Labute approximate surface area is 153 Å². The Bertz CT molecular complexity index is 823. The summed E-state index contributed by atoms with van der Waals surface area (Å²) in [6, 6.07) is 7.29. The van der Waals surface area contributed by atoms with Crippen LogP contribution in [0.5, 0.6) is 5.75 Å². The van der Waals surface area contributed by atoms with Crippen molar-refractivity contribution in [2.45, 2.75) is 51.9 Å². The molecule has 6 heteroatoms. The molecule has 0 bridgehead atoms. The quantitative estimate of drug-likeness (QED) is 0.841. The van der Waals surface area contributed by atoms with Crippen molar-refractivity contribution in [3.63, 3.8) is 0 Å². The minimum absolute atomic E-state index is 0.0713. The number of aromatic nitrogens is 1. The molecule has 1 saturated heterocycles. The molecule has 0 spiro atoms. The molecule has 6 nitrogen and oxygen atoms in total. The van der Waals surface area contributed by atoms with Gasteiger partial charge in [-0.15, -0.1) is 0 Å².